The molecule has 0 saturated carbocycles. The summed E-state index contributed by atoms with van der Waals surface area (Å²) in [6.45, 7) is 0.322. The Morgan fingerprint density at radius 2 is 2.31 bits per heavy atom. The van der Waals surface area contributed by atoms with Crippen LogP contribution < -0.4 is 4.74 Å². The summed E-state index contributed by atoms with van der Waals surface area (Å²) in [5.41, 5.74) is 10.1. The van der Waals surface area contributed by atoms with Crippen molar-refractivity contribution in [3.8, 4) is 5.75 Å². The molecule has 0 aliphatic carbocycles. The van der Waals surface area contributed by atoms with Crippen LogP contribution in [0.25, 0.3) is 21.3 Å². The Labute approximate surface area is 92.3 Å². The number of aromatic nitrogens is 1. The van der Waals surface area contributed by atoms with Gasteiger partial charge >= 0.3 is 0 Å². The predicted molar refractivity (Wildman–Crippen MR) is 61.1 cm³/mol. The van der Waals surface area contributed by atoms with Gasteiger partial charge in [-0.15, -0.1) is 0 Å². The molecule has 0 aliphatic rings. The molecular formula is C11H10N4O. The summed E-state index contributed by atoms with van der Waals surface area (Å²) >= 11 is 0. The minimum atomic E-state index is 0.322. The molecule has 0 amide bonds. The number of ether oxygens (including phenoxy) is 1. The highest BCUT2D eigenvalue weighted by molar-refractivity contribution is 5.87. The van der Waals surface area contributed by atoms with Crippen molar-refractivity contribution in [2.75, 3.05) is 7.11 Å². The first kappa shape index (κ1) is 10.3. The average Bonchev–Trinajstić information content (AvgIpc) is 2.36. The van der Waals surface area contributed by atoms with Gasteiger partial charge in [0.05, 0.1) is 13.7 Å². The smallest absolute Gasteiger partial charge is 0.145 e. The minimum Gasteiger partial charge on any atom is -0.494 e. The fourth-order valence-electron chi connectivity index (χ4n) is 1.62. The molecule has 1 heterocycles. The number of hydrogen-bond acceptors (Lipinski definition) is 3. The number of fused-ring (bicyclic) bond motifs is 1. The van der Waals surface area contributed by atoms with Crippen molar-refractivity contribution in [3.63, 3.8) is 0 Å². The highest BCUT2D eigenvalue weighted by Gasteiger charge is 2.05. The highest BCUT2D eigenvalue weighted by Crippen LogP contribution is 2.26. The van der Waals surface area contributed by atoms with Crippen LogP contribution in [0.5, 0.6) is 5.75 Å². The second-order valence-electron chi connectivity index (χ2n) is 3.22. The van der Waals surface area contributed by atoms with Crippen LogP contribution in [-0.2, 0) is 6.54 Å². The van der Waals surface area contributed by atoms with Gasteiger partial charge in [-0.25, -0.2) is 0 Å². The van der Waals surface area contributed by atoms with E-state index in [1.165, 1.54) is 0 Å². The van der Waals surface area contributed by atoms with Crippen LogP contribution in [0.3, 0.4) is 0 Å². The molecule has 16 heavy (non-hydrogen) atoms. The van der Waals surface area contributed by atoms with Gasteiger partial charge in [-0.3, -0.25) is 4.98 Å². The molecule has 2 aromatic rings. The SMILES string of the molecule is COc1ccc(CN=[N+]=[N-])c2cccnc12. The molecule has 0 unspecified atom stereocenters. The molecular weight excluding hydrogens is 204 g/mol. The van der Waals surface area contributed by atoms with E-state index in [-0.39, 0.29) is 0 Å². The van der Waals surface area contributed by atoms with E-state index in [1.807, 2.05) is 24.3 Å². The Balaban J connectivity index is 2.64. The van der Waals surface area contributed by atoms with Crippen molar-refractivity contribution in [1.29, 1.82) is 0 Å². The third-order valence-corrected chi connectivity index (χ3v) is 2.35. The van der Waals surface area contributed by atoms with E-state index in [1.54, 1.807) is 13.3 Å². The van der Waals surface area contributed by atoms with Crippen LogP contribution in [0.4, 0.5) is 0 Å². The molecule has 2 rings (SSSR count). The molecule has 0 N–H and O–H groups in total. The van der Waals surface area contributed by atoms with Gasteiger partial charge in [-0.1, -0.05) is 17.2 Å². The van der Waals surface area contributed by atoms with Crippen LogP contribution in [0.1, 0.15) is 5.56 Å². The van der Waals surface area contributed by atoms with Gasteiger partial charge in [0.25, 0.3) is 0 Å². The fraction of sp³-hybridized carbons (Fsp3) is 0.182. The van der Waals surface area contributed by atoms with E-state index in [0.29, 0.717) is 6.54 Å². The maximum atomic E-state index is 8.32. The quantitative estimate of drug-likeness (QED) is 0.447. The molecule has 80 valence electrons. The molecule has 0 aliphatic heterocycles. The largest absolute Gasteiger partial charge is 0.494 e. The summed E-state index contributed by atoms with van der Waals surface area (Å²) in [4.78, 5) is 7.01. The summed E-state index contributed by atoms with van der Waals surface area (Å²) in [5.74, 6) is 0.722. The van der Waals surface area contributed by atoms with Crippen LogP contribution in [0.15, 0.2) is 35.6 Å². The number of benzene rings is 1. The number of hydrogen-bond donors (Lipinski definition) is 0. The van der Waals surface area contributed by atoms with Crippen molar-refractivity contribution in [2.45, 2.75) is 6.54 Å². The van der Waals surface area contributed by atoms with Gasteiger partial charge in [0, 0.05) is 16.5 Å². The lowest BCUT2D eigenvalue weighted by Crippen LogP contribution is -1.91. The van der Waals surface area contributed by atoms with Crippen LogP contribution in [-0.4, -0.2) is 12.1 Å². The molecule has 0 fully saturated rings. The fourth-order valence-corrected chi connectivity index (χ4v) is 1.62. The zero-order valence-electron chi connectivity index (χ0n) is 8.79. The molecule has 5 heteroatoms. The van der Waals surface area contributed by atoms with Crippen molar-refractivity contribution in [1.82, 2.24) is 4.98 Å². The third kappa shape index (κ3) is 1.76. The lowest BCUT2D eigenvalue weighted by atomic mass is 10.1. The Hall–Kier alpha value is -2.26. The maximum absolute atomic E-state index is 8.32. The average molecular weight is 214 g/mol. The van der Waals surface area contributed by atoms with Gasteiger partial charge in [0.1, 0.15) is 11.3 Å². The van der Waals surface area contributed by atoms with Crippen molar-refractivity contribution in [3.05, 3.63) is 46.5 Å². The van der Waals surface area contributed by atoms with E-state index in [0.717, 1.165) is 22.2 Å². The maximum Gasteiger partial charge on any atom is 0.145 e. The summed E-state index contributed by atoms with van der Waals surface area (Å²) in [6, 6.07) is 7.50. The normalized spacial score (nSPS) is 9.81. The van der Waals surface area contributed by atoms with Gasteiger partial charge in [-0.05, 0) is 23.2 Å². The highest BCUT2D eigenvalue weighted by atomic mass is 16.5. The zero-order chi connectivity index (χ0) is 11.4. The molecule has 0 spiro atoms. The number of nitrogens with zero attached hydrogens (tertiary/aromatic N) is 4. The molecule has 0 atom stereocenters. The number of methoxy groups -OCH3 is 1. The van der Waals surface area contributed by atoms with Gasteiger partial charge < -0.3 is 4.74 Å². The second kappa shape index (κ2) is 4.51. The summed E-state index contributed by atoms with van der Waals surface area (Å²) < 4.78 is 5.22. The monoisotopic (exact) mass is 214 g/mol. The second-order valence-corrected chi connectivity index (χ2v) is 3.22. The topological polar surface area (TPSA) is 70.9 Å². The first-order chi connectivity index (χ1) is 7.86. The number of azide groups is 1. The standard InChI is InChI=1S/C11H10N4O/c1-16-10-5-4-8(7-14-15-12)9-3-2-6-13-11(9)10/h2-6H,7H2,1H3. The Morgan fingerprint density at radius 3 is 3.06 bits per heavy atom. The van der Waals surface area contributed by atoms with Crippen LogP contribution in [0.2, 0.25) is 0 Å². The van der Waals surface area contributed by atoms with Crippen LogP contribution >= 0.6 is 0 Å². The molecule has 1 aromatic carbocycles. The lowest BCUT2D eigenvalue weighted by molar-refractivity contribution is 0.419. The summed E-state index contributed by atoms with van der Waals surface area (Å²) in [5, 5.41) is 4.51. The van der Waals surface area contributed by atoms with E-state index in [9.17, 15) is 0 Å². The van der Waals surface area contributed by atoms with E-state index in [2.05, 4.69) is 15.0 Å². The number of rotatable bonds is 3. The molecule has 0 radical (unpaired) electrons. The van der Waals surface area contributed by atoms with E-state index in [4.69, 9.17) is 10.3 Å². The molecule has 1 aromatic heterocycles. The van der Waals surface area contributed by atoms with Gasteiger partial charge in [0.15, 0.2) is 0 Å². The lowest BCUT2D eigenvalue weighted by Gasteiger charge is -2.07. The van der Waals surface area contributed by atoms with Gasteiger partial charge in [-0.2, -0.15) is 0 Å². The predicted octanol–water partition coefficient (Wildman–Crippen LogP) is 3.05. The minimum absolute atomic E-state index is 0.322. The first-order valence-corrected chi connectivity index (χ1v) is 4.78. The summed E-state index contributed by atoms with van der Waals surface area (Å²) in [7, 11) is 1.61. The first-order valence-electron chi connectivity index (χ1n) is 4.78. The molecule has 5 nitrogen and oxygen atoms in total. The summed E-state index contributed by atoms with van der Waals surface area (Å²) in [6.07, 6.45) is 1.71. The number of pyridine rings is 1. The van der Waals surface area contributed by atoms with Crippen molar-refractivity contribution in [2.24, 2.45) is 5.11 Å². The Bertz CT molecular complexity index is 561. The molecule has 0 saturated heterocycles. The zero-order valence-corrected chi connectivity index (χ0v) is 8.79. The van der Waals surface area contributed by atoms with Crippen molar-refractivity contribution >= 4 is 10.9 Å². The Kier molecular flexibility index (Phi) is 2.89. The molecule has 0 bridgehead atoms. The van der Waals surface area contributed by atoms with E-state index < -0.39 is 0 Å². The van der Waals surface area contributed by atoms with Gasteiger partial charge in [0.2, 0.25) is 0 Å². The third-order valence-electron chi connectivity index (χ3n) is 2.35. The van der Waals surface area contributed by atoms with Crippen molar-refractivity contribution < 1.29 is 4.74 Å². The Morgan fingerprint density at radius 1 is 1.44 bits per heavy atom. The van der Waals surface area contributed by atoms with Crippen LogP contribution in [0, 0.1) is 0 Å². The van der Waals surface area contributed by atoms with E-state index >= 15 is 0 Å².